The Kier molecular flexibility index (Phi) is 7.15. The van der Waals surface area contributed by atoms with E-state index in [2.05, 4.69) is 15.5 Å². The minimum Gasteiger partial charge on any atom is -0.467 e. The molecule has 0 aliphatic rings. The largest absolute Gasteiger partial charge is 0.467 e. The second-order valence-corrected chi connectivity index (χ2v) is 6.73. The molecule has 0 saturated carbocycles. The molecule has 2 rings (SSSR count). The van der Waals surface area contributed by atoms with Gasteiger partial charge in [0.1, 0.15) is 6.04 Å². The van der Waals surface area contributed by atoms with Crippen molar-refractivity contribution in [2.45, 2.75) is 39.2 Å². The number of ether oxygens (including phenoxy) is 1. The Hall–Kier alpha value is -2.41. The fourth-order valence-electron chi connectivity index (χ4n) is 2.39. The van der Waals surface area contributed by atoms with Gasteiger partial charge in [0.25, 0.3) is 0 Å². The van der Waals surface area contributed by atoms with Gasteiger partial charge in [0, 0.05) is 23.4 Å². The fourth-order valence-corrected chi connectivity index (χ4v) is 2.51. The summed E-state index contributed by atoms with van der Waals surface area (Å²) in [5.74, 6) is 0.312. The average Bonchev–Trinajstić information content (AvgIpc) is 3.08. The van der Waals surface area contributed by atoms with Crippen molar-refractivity contribution in [3.8, 4) is 11.4 Å². The number of rotatable bonds is 8. The summed E-state index contributed by atoms with van der Waals surface area (Å²) in [7, 11) is 1.30. The van der Waals surface area contributed by atoms with Gasteiger partial charge in [0.2, 0.25) is 17.6 Å². The molecule has 1 N–H and O–H groups in total. The summed E-state index contributed by atoms with van der Waals surface area (Å²) in [6.07, 6.45) is 0.926. The normalized spacial score (nSPS) is 12.0. The smallest absolute Gasteiger partial charge is 0.328 e. The Morgan fingerprint density at radius 3 is 2.58 bits per heavy atom. The molecule has 0 bridgehead atoms. The third kappa shape index (κ3) is 5.84. The van der Waals surface area contributed by atoms with Crippen LogP contribution < -0.4 is 5.32 Å². The molecule has 2 aromatic rings. The van der Waals surface area contributed by atoms with Crippen LogP contribution in [0, 0.1) is 5.92 Å². The lowest BCUT2D eigenvalue weighted by Gasteiger charge is -2.18. The number of halogens is 1. The van der Waals surface area contributed by atoms with Crippen LogP contribution in [-0.4, -0.2) is 35.2 Å². The molecule has 1 aromatic carbocycles. The Bertz CT molecular complexity index is 743. The molecule has 1 atom stereocenters. The van der Waals surface area contributed by atoms with Gasteiger partial charge in [-0.1, -0.05) is 30.6 Å². The van der Waals surface area contributed by atoms with Gasteiger partial charge in [0.05, 0.1) is 7.11 Å². The lowest BCUT2D eigenvalue weighted by atomic mass is 10.0. The highest BCUT2D eigenvalue weighted by atomic mass is 35.5. The highest BCUT2D eigenvalue weighted by molar-refractivity contribution is 6.30. The topological polar surface area (TPSA) is 94.3 Å². The molecule has 140 valence electrons. The number of carbonyl (C=O) groups is 2. The summed E-state index contributed by atoms with van der Waals surface area (Å²) < 4.78 is 9.91. The standard InChI is InChI=1S/C18H22ClN3O4/c1-11(2)10-14(18(24)25-3)20-15(23)8-9-16-21-17(22-26-16)12-4-6-13(19)7-5-12/h4-7,11,14H,8-10H2,1-3H3,(H,20,23)/t14-/m1/s1. The molecular formula is C18H22ClN3O4. The van der Waals surface area contributed by atoms with E-state index in [4.69, 9.17) is 20.9 Å². The predicted octanol–water partition coefficient (Wildman–Crippen LogP) is 3.03. The summed E-state index contributed by atoms with van der Waals surface area (Å²) in [4.78, 5) is 28.1. The third-order valence-electron chi connectivity index (χ3n) is 3.66. The first-order valence-electron chi connectivity index (χ1n) is 8.34. The van der Waals surface area contributed by atoms with Crippen molar-refractivity contribution in [2.24, 2.45) is 5.92 Å². The van der Waals surface area contributed by atoms with Crippen LogP contribution >= 0.6 is 11.6 Å². The number of esters is 1. The van der Waals surface area contributed by atoms with E-state index in [1.165, 1.54) is 7.11 Å². The first kappa shape index (κ1) is 19.9. The van der Waals surface area contributed by atoms with Gasteiger partial charge >= 0.3 is 5.97 Å². The van der Waals surface area contributed by atoms with Gasteiger partial charge in [-0.25, -0.2) is 4.79 Å². The number of benzene rings is 1. The number of hydrogen-bond donors (Lipinski definition) is 1. The number of methoxy groups -OCH3 is 1. The van der Waals surface area contributed by atoms with E-state index < -0.39 is 12.0 Å². The summed E-state index contributed by atoms with van der Waals surface area (Å²) in [6.45, 7) is 3.94. The Balaban J connectivity index is 1.90. The van der Waals surface area contributed by atoms with Gasteiger partial charge in [-0.05, 0) is 36.6 Å². The molecule has 0 unspecified atom stereocenters. The van der Waals surface area contributed by atoms with Crippen molar-refractivity contribution in [1.29, 1.82) is 0 Å². The third-order valence-corrected chi connectivity index (χ3v) is 3.92. The van der Waals surface area contributed by atoms with Crippen LogP contribution in [0.25, 0.3) is 11.4 Å². The molecule has 1 amide bonds. The lowest BCUT2D eigenvalue weighted by Crippen LogP contribution is -2.42. The van der Waals surface area contributed by atoms with Crippen molar-refractivity contribution in [3.63, 3.8) is 0 Å². The molecule has 1 heterocycles. The fraction of sp³-hybridized carbons (Fsp3) is 0.444. The molecule has 0 fully saturated rings. The molecule has 8 heteroatoms. The van der Waals surface area contributed by atoms with Crippen LogP contribution in [0.5, 0.6) is 0 Å². The number of aryl methyl sites for hydroxylation is 1. The van der Waals surface area contributed by atoms with Gasteiger partial charge in [0.15, 0.2) is 0 Å². The zero-order chi connectivity index (χ0) is 19.1. The molecular weight excluding hydrogens is 358 g/mol. The van der Waals surface area contributed by atoms with Crippen molar-refractivity contribution >= 4 is 23.5 Å². The Morgan fingerprint density at radius 1 is 1.27 bits per heavy atom. The second-order valence-electron chi connectivity index (χ2n) is 6.29. The Labute approximate surface area is 157 Å². The number of amides is 1. The molecule has 0 aliphatic carbocycles. The maximum Gasteiger partial charge on any atom is 0.328 e. The number of carbonyl (C=O) groups excluding carboxylic acids is 2. The quantitative estimate of drug-likeness (QED) is 0.708. The first-order valence-corrected chi connectivity index (χ1v) is 8.72. The predicted molar refractivity (Wildman–Crippen MR) is 96.5 cm³/mol. The van der Waals surface area contributed by atoms with Gasteiger partial charge in [-0.15, -0.1) is 0 Å². The molecule has 7 nitrogen and oxygen atoms in total. The minimum absolute atomic E-state index is 0.133. The van der Waals surface area contributed by atoms with Crippen molar-refractivity contribution in [1.82, 2.24) is 15.5 Å². The van der Waals surface area contributed by atoms with Crippen LogP contribution in [0.15, 0.2) is 28.8 Å². The van der Waals surface area contributed by atoms with Crippen molar-refractivity contribution in [2.75, 3.05) is 7.11 Å². The van der Waals surface area contributed by atoms with E-state index in [9.17, 15) is 9.59 Å². The summed E-state index contributed by atoms with van der Waals surface area (Å²) in [5, 5.41) is 7.22. The van der Waals surface area contributed by atoms with E-state index >= 15 is 0 Å². The first-order chi connectivity index (χ1) is 12.4. The zero-order valence-corrected chi connectivity index (χ0v) is 15.7. The summed E-state index contributed by atoms with van der Waals surface area (Å²) in [6, 6.07) is 6.40. The highest BCUT2D eigenvalue weighted by Gasteiger charge is 2.22. The van der Waals surface area contributed by atoms with Crippen LogP contribution in [0.3, 0.4) is 0 Å². The molecule has 0 aliphatic heterocycles. The minimum atomic E-state index is -0.653. The number of nitrogens with zero attached hydrogens (tertiary/aromatic N) is 2. The van der Waals surface area contributed by atoms with E-state index in [1.807, 2.05) is 13.8 Å². The van der Waals surface area contributed by atoms with Crippen LogP contribution in [0.4, 0.5) is 0 Å². The van der Waals surface area contributed by atoms with Crippen LogP contribution in [-0.2, 0) is 20.7 Å². The van der Waals surface area contributed by atoms with E-state index in [1.54, 1.807) is 24.3 Å². The van der Waals surface area contributed by atoms with Crippen LogP contribution in [0.1, 0.15) is 32.6 Å². The average molecular weight is 380 g/mol. The maximum absolute atomic E-state index is 12.1. The monoisotopic (exact) mass is 379 g/mol. The lowest BCUT2D eigenvalue weighted by molar-refractivity contribution is -0.145. The Morgan fingerprint density at radius 2 is 1.96 bits per heavy atom. The SMILES string of the molecule is COC(=O)[C@@H](CC(C)C)NC(=O)CCc1nc(-c2ccc(Cl)cc2)no1. The number of hydrogen-bond acceptors (Lipinski definition) is 6. The van der Waals surface area contributed by atoms with E-state index in [0.717, 1.165) is 5.56 Å². The molecule has 1 aromatic heterocycles. The summed E-state index contributed by atoms with van der Waals surface area (Å²) >= 11 is 5.85. The maximum atomic E-state index is 12.1. The van der Waals surface area contributed by atoms with Gasteiger partial charge < -0.3 is 14.6 Å². The summed E-state index contributed by atoms with van der Waals surface area (Å²) in [5.41, 5.74) is 0.775. The van der Waals surface area contributed by atoms with Crippen molar-refractivity contribution < 1.29 is 18.8 Å². The molecule has 26 heavy (non-hydrogen) atoms. The molecule has 0 radical (unpaired) electrons. The number of nitrogens with one attached hydrogen (secondary N) is 1. The highest BCUT2D eigenvalue weighted by Crippen LogP contribution is 2.19. The van der Waals surface area contributed by atoms with E-state index in [-0.39, 0.29) is 24.7 Å². The van der Waals surface area contributed by atoms with Gasteiger partial charge in [-0.3, -0.25) is 4.79 Å². The van der Waals surface area contributed by atoms with Gasteiger partial charge in [-0.2, -0.15) is 4.98 Å². The second kappa shape index (κ2) is 9.33. The van der Waals surface area contributed by atoms with E-state index in [0.29, 0.717) is 23.2 Å². The van der Waals surface area contributed by atoms with Crippen LogP contribution in [0.2, 0.25) is 5.02 Å². The van der Waals surface area contributed by atoms with Crippen molar-refractivity contribution in [3.05, 3.63) is 35.2 Å². The zero-order valence-electron chi connectivity index (χ0n) is 15.0. The molecule has 0 spiro atoms. The number of aromatic nitrogens is 2. The molecule has 0 saturated heterocycles.